The van der Waals surface area contributed by atoms with E-state index in [-0.39, 0.29) is 11.8 Å². The van der Waals surface area contributed by atoms with Crippen molar-refractivity contribution in [3.05, 3.63) is 77.5 Å². The molecule has 1 saturated carbocycles. The van der Waals surface area contributed by atoms with Gasteiger partial charge in [0.2, 0.25) is 5.91 Å². The smallest absolute Gasteiger partial charge is 0.223 e. The zero-order valence-electron chi connectivity index (χ0n) is 19.7. The number of aromatic amines is 1. The summed E-state index contributed by atoms with van der Waals surface area (Å²) in [6.45, 7) is 4.26. The summed E-state index contributed by atoms with van der Waals surface area (Å²) in [5.41, 5.74) is 2.22. The molecule has 35 heavy (non-hydrogen) atoms. The van der Waals surface area contributed by atoms with E-state index in [1.807, 2.05) is 56.4 Å². The molecule has 4 heterocycles. The molecule has 0 radical (unpaired) electrons. The highest BCUT2D eigenvalue weighted by Gasteiger charge is 2.43. The number of anilines is 2. The molecule has 10 heteroatoms. The van der Waals surface area contributed by atoms with Gasteiger partial charge < -0.3 is 15.7 Å². The summed E-state index contributed by atoms with van der Waals surface area (Å²) < 4.78 is 1.68. The van der Waals surface area contributed by atoms with Gasteiger partial charge in [0, 0.05) is 42.8 Å². The van der Waals surface area contributed by atoms with Gasteiger partial charge in [-0.3, -0.25) is 9.89 Å². The Labute approximate surface area is 202 Å². The molecular weight excluding hydrogens is 444 g/mol. The van der Waals surface area contributed by atoms with E-state index in [1.54, 1.807) is 17.1 Å². The van der Waals surface area contributed by atoms with Crippen molar-refractivity contribution < 1.29 is 9.90 Å². The fourth-order valence-corrected chi connectivity index (χ4v) is 4.46. The Kier molecular flexibility index (Phi) is 6.04. The normalized spacial score (nSPS) is 19.6. The minimum Gasteiger partial charge on any atom is -0.384 e. The fourth-order valence-electron chi connectivity index (χ4n) is 4.46. The Balaban J connectivity index is 1.21. The summed E-state index contributed by atoms with van der Waals surface area (Å²) in [6.07, 6.45) is 6.65. The first-order valence-corrected chi connectivity index (χ1v) is 11.6. The highest BCUT2D eigenvalue weighted by Crippen LogP contribution is 2.42. The van der Waals surface area contributed by atoms with Gasteiger partial charge in [0.05, 0.1) is 5.69 Å². The van der Waals surface area contributed by atoms with Crippen LogP contribution in [0.1, 0.15) is 41.8 Å². The number of carbonyl (C=O) groups excluding carboxylic acids is 1. The highest BCUT2D eigenvalue weighted by molar-refractivity contribution is 5.79. The van der Waals surface area contributed by atoms with Crippen molar-refractivity contribution in [1.29, 1.82) is 0 Å². The van der Waals surface area contributed by atoms with Gasteiger partial charge >= 0.3 is 0 Å². The molecule has 0 saturated heterocycles. The lowest BCUT2D eigenvalue weighted by Crippen LogP contribution is -2.31. The molecule has 4 aromatic heterocycles. The van der Waals surface area contributed by atoms with Gasteiger partial charge in [0.25, 0.3) is 0 Å². The molecule has 10 nitrogen and oxygen atoms in total. The van der Waals surface area contributed by atoms with E-state index in [1.165, 1.54) is 0 Å². The summed E-state index contributed by atoms with van der Waals surface area (Å²) in [5, 5.41) is 28.8. The second-order valence-electron chi connectivity index (χ2n) is 9.14. The number of aliphatic hydroxyl groups is 1. The predicted molar refractivity (Wildman–Crippen MR) is 130 cm³/mol. The molecule has 0 spiro atoms. The maximum Gasteiger partial charge on any atom is 0.223 e. The van der Waals surface area contributed by atoms with Crippen LogP contribution in [0.2, 0.25) is 0 Å². The van der Waals surface area contributed by atoms with Crippen LogP contribution in [0, 0.1) is 19.8 Å². The van der Waals surface area contributed by atoms with Crippen molar-refractivity contribution in [2.24, 2.45) is 5.92 Å². The molecule has 0 unspecified atom stereocenters. The number of carbonyl (C=O) groups is 1. The number of hydrogen-bond donors (Lipinski definition) is 4. The lowest BCUT2D eigenvalue weighted by molar-refractivity contribution is -0.125. The first-order valence-electron chi connectivity index (χ1n) is 11.6. The molecule has 1 fully saturated rings. The molecule has 4 N–H and O–H groups in total. The zero-order valence-corrected chi connectivity index (χ0v) is 19.7. The maximum absolute atomic E-state index is 12.9. The predicted octanol–water partition coefficient (Wildman–Crippen LogP) is 3.05. The summed E-state index contributed by atoms with van der Waals surface area (Å²) >= 11 is 0. The number of amides is 1. The lowest BCUT2D eigenvalue weighted by Gasteiger charge is -2.23. The molecular formula is C25H28N8O2. The molecule has 1 aliphatic carbocycles. The van der Waals surface area contributed by atoms with Gasteiger partial charge in [-0.15, -0.1) is 0 Å². The van der Waals surface area contributed by atoms with Crippen LogP contribution in [-0.4, -0.2) is 41.0 Å². The van der Waals surface area contributed by atoms with Crippen LogP contribution < -0.4 is 10.6 Å². The Morgan fingerprint density at radius 2 is 2.14 bits per heavy atom. The molecule has 1 amide bonds. The second kappa shape index (κ2) is 9.30. The minimum absolute atomic E-state index is 0.0740. The van der Waals surface area contributed by atoms with E-state index in [9.17, 15) is 9.90 Å². The monoisotopic (exact) mass is 472 g/mol. The van der Waals surface area contributed by atoms with Gasteiger partial charge in [-0.05, 0) is 68.5 Å². The first-order chi connectivity index (χ1) is 16.9. The van der Waals surface area contributed by atoms with E-state index < -0.39 is 5.60 Å². The molecule has 0 aromatic carbocycles. The first kappa shape index (κ1) is 22.7. The number of H-pyrrole nitrogens is 1. The standard InChI is InChI=1S/C25H28N8O2/c1-16-10-20(29-21(11-16)30-22-12-17(2)31-32-22)25(35)7-6-19(13-25)24(34)27-15-18-4-5-23(26-14-18)33-9-3-8-28-33/h3-5,8-12,14,19,35H,6-7,13,15H2,1-2H3,(H,27,34)(H2,29,30,31,32)/t19-,25+/m0/s1. The number of pyridine rings is 2. The summed E-state index contributed by atoms with van der Waals surface area (Å²) in [5.74, 6) is 1.63. The fraction of sp³-hybridized carbons (Fsp3) is 0.320. The quantitative estimate of drug-likeness (QED) is 0.325. The number of aromatic nitrogens is 6. The third kappa shape index (κ3) is 5.07. The molecule has 0 bridgehead atoms. The average molecular weight is 473 g/mol. The number of nitrogens with zero attached hydrogens (tertiary/aromatic N) is 5. The van der Waals surface area contributed by atoms with Gasteiger partial charge in [-0.1, -0.05) is 6.07 Å². The third-order valence-electron chi connectivity index (χ3n) is 6.28. The largest absolute Gasteiger partial charge is 0.384 e. The molecule has 5 rings (SSSR count). The van der Waals surface area contributed by atoms with Crippen LogP contribution >= 0.6 is 0 Å². The van der Waals surface area contributed by atoms with Crippen molar-refractivity contribution in [2.45, 2.75) is 45.3 Å². The Morgan fingerprint density at radius 3 is 2.86 bits per heavy atom. The van der Waals surface area contributed by atoms with Crippen LogP contribution in [0.5, 0.6) is 0 Å². The summed E-state index contributed by atoms with van der Waals surface area (Å²) in [7, 11) is 0. The number of aryl methyl sites for hydroxylation is 2. The molecule has 180 valence electrons. The Hall–Kier alpha value is -4.05. The van der Waals surface area contributed by atoms with Gasteiger partial charge in [0.15, 0.2) is 11.6 Å². The number of nitrogens with one attached hydrogen (secondary N) is 3. The van der Waals surface area contributed by atoms with E-state index in [4.69, 9.17) is 0 Å². The van der Waals surface area contributed by atoms with E-state index in [0.29, 0.717) is 49.0 Å². The molecule has 1 aliphatic rings. The van der Waals surface area contributed by atoms with E-state index >= 15 is 0 Å². The van der Waals surface area contributed by atoms with Crippen LogP contribution in [0.3, 0.4) is 0 Å². The van der Waals surface area contributed by atoms with Crippen LogP contribution in [0.25, 0.3) is 5.82 Å². The summed E-state index contributed by atoms with van der Waals surface area (Å²) in [4.78, 5) is 21.9. The Bertz CT molecular complexity index is 1320. The second-order valence-corrected chi connectivity index (χ2v) is 9.14. The topological polar surface area (TPSA) is 134 Å². The molecule has 0 aliphatic heterocycles. The zero-order chi connectivity index (χ0) is 24.4. The van der Waals surface area contributed by atoms with Gasteiger partial charge in [0.1, 0.15) is 11.4 Å². The van der Waals surface area contributed by atoms with Crippen molar-refractivity contribution in [1.82, 2.24) is 35.3 Å². The SMILES string of the molecule is Cc1cc(Nc2cc(C)[nH]n2)nc([C@@]2(O)CC[C@H](C(=O)NCc3ccc(-n4cccn4)nc3)C2)c1. The third-order valence-corrected chi connectivity index (χ3v) is 6.28. The van der Waals surface area contributed by atoms with Crippen LogP contribution in [-0.2, 0) is 16.9 Å². The molecule has 2 atom stereocenters. The van der Waals surface area contributed by atoms with Crippen LogP contribution in [0.4, 0.5) is 11.6 Å². The number of hydrogen-bond acceptors (Lipinski definition) is 7. The summed E-state index contributed by atoms with van der Waals surface area (Å²) in [6, 6.07) is 11.3. The maximum atomic E-state index is 12.9. The Morgan fingerprint density at radius 1 is 1.26 bits per heavy atom. The van der Waals surface area contributed by atoms with Gasteiger partial charge in [-0.2, -0.15) is 10.2 Å². The van der Waals surface area contributed by atoms with E-state index in [2.05, 4.69) is 35.9 Å². The number of rotatable bonds is 7. The average Bonchev–Trinajstić information content (AvgIpc) is 3.60. The van der Waals surface area contributed by atoms with Crippen molar-refractivity contribution >= 4 is 17.5 Å². The van der Waals surface area contributed by atoms with Crippen molar-refractivity contribution in [2.75, 3.05) is 5.32 Å². The van der Waals surface area contributed by atoms with Crippen molar-refractivity contribution in [3.8, 4) is 5.82 Å². The lowest BCUT2D eigenvalue weighted by atomic mass is 9.94. The molecule has 4 aromatic rings. The highest BCUT2D eigenvalue weighted by atomic mass is 16.3. The van der Waals surface area contributed by atoms with Gasteiger partial charge in [-0.25, -0.2) is 14.6 Å². The van der Waals surface area contributed by atoms with E-state index in [0.717, 1.165) is 16.8 Å². The van der Waals surface area contributed by atoms with Crippen molar-refractivity contribution in [3.63, 3.8) is 0 Å². The van der Waals surface area contributed by atoms with Crippen LogP contribution in [0.15, 0.2) is 55.0 Å². The minimum atomic E-state index is -1.15.